The molecule has 1 fully saturated rings. The van der Waals surface area contributed by atoms with Crippen LogP contribution in [-0.4, -0.2) is 33.9 Å². The summed E-state index contributed by atoms with van der Waals surface area (Å²) in [6, 6.07) is 1.75. The van der Waals surface area contributed by atoms with Crippen molar-refractivity contribution >= 4 is 11.9 Å². The van der Waals surface area contributed by atoms with Crippen molar-refractivity contribution in [3.8, 4) is 0 Å². The van der Waals surface area contributed by atoms with E-state index in [4.69, 9.17) is 4.74 Å². The highest BCUT2D eigenvalue weighted by atomic mass is 16.5. The Labute approximate surface area is 117 Å². The molecule has 0 saturated heterocycles. The molecule has 0 aliphatic heterocycles. The van der Waals surface area contributed by atoms with Crippen molar-refractivity contribution in [3.05, 3.63) is 18.0 Å². The van der Waals surface area contributed by atoms with Crippen LogP contribution in [0.2, 0.25) is 0 Å². The van der Waals surface area contributed by atoms with Gasteiger partial charge in [0.05, 0.1) is 12.8 Å². The number of ether oxygens (including phenoxy) is 1. The van der Waals surface area contributed by atoms with E-state index in [1.165, 1.54) is 7.11 Å². The molecule has 6 heteroatoms. The van der Waals surface area contributed by atoms with Gasteiger partial charge in [-0.05, 0) is 24.8 Å². The highest BCUT2D eigenvalue weighted by molar-refractivity contribution is 5.99. The van der Waals surface area contributed by atoms with Crippen LogP contribution in [-0.2, 0) is 27.8 Å². The number of aromatic nitrogens is 2. The topological polar surface area (TPSA) is 81.4 Å². The van der Waals surface area contributed by atoms with E-state index in [2.05, 4.69) is 5.10 Å². The minimum Gasteiger partial charge on any atom is -0.480 e. The summed E-state index contributed by atoms with van der Waals surface area (Å²) >= 11 is 0. The van der Waals surface area contributed by atoms with Gasteiger partial charge in [-0.3, -0.25) is 14.3 Å². The highest BCUT2D eigenvalue weighted by Gasteiger charge is 2.54. The molecule has 1 aromatic heterocycles. The Balaban J connectivity index is 2.39. The first-order valence-corrected chi connectivity index (χ1v) is 6.81. The van der Waals surface area contributed by atoms with Gasteiger partial charge in [0, 0.05) is 19.7 Å². The number of carboxylic acids is 1. The van der Waals surface area contributed by atoms with E-state index >= 15 is 0 Å². The Bertz CT molecular complexity index is 505. The third-order valence-corrected chi connectivity index (χ3v) is 4.21. The third kappa shape index (κ3) is 2.42. The van der Waals surface area contributed by atoms with E-state index in [0.717, 1.165) is 25.7 Å². The van der Waals surface area contributed by atoms with Crippen molar-refractivity contribution in [3.63, 3.8) is 0 Å². The Morgan fingerprint density at radius 1 is 1.50 bits per heavy atom. The fraction of sp³-hybridized carbons (Fsp3) is 0.643. The number of esters is 1. The molecule has 0 spiro atoms. The highest BCUT2D eigenvalue weighted by Crippen LogP contribution is 2.43. The number of hydrogen-bond donors (Lipinski definition) is 1. The first-order valence-electron chi connectivity index (χ1n) is 6.81. The van der Waals surface area contributed by atoms with Crippen LogP contribution in [0.4, 0.5) is 0 Å². The normalized spacial score (nSPS) is 18.7. The molecule has 0 bridgehead atoms. The molecule has 1 saturated carbocycles. The van der Waals surface area contributed by atoms with Crippen LogP contribution < -0.4 is 0 Å². The molecule has 0 amide bonds. The maximum Gasteiger partial charge on any atom is 0.323 e. The van der Waals surface area contributed by atoms with Gasteiger partial charge in [0.1, 0.15) is 0 Å². The van der Waals surface area contributed by atoms with E-state index < -0.39 is 17.4 Å². The predicted octanol–water partition coefficient (Wildman–Crippen LogP) is 1.40. The van der Waals surface area contributed by atoms with Gasteiger partial charge < -0.3 is 9.84 Å². The summed E-state index contributed by atoms with van der Waals surface area (Å²) in [5.74, 6) is -1.96. The van der Waals surface area contributed by atoms with Crippen LogP contribution in [0.3, 0.4) is 0 Å². The quantitative estimate of drug-likeness (QED) is 0.651. The maximum atomic E-state index is 12.2. The Hall–Kier alpha value is -1.85. The number of carbonyl (C=O) groups excluding carboxylic acids is 1. The second-order valence-electron chi connectivity index (χ2n) is 5.41. The molecular formula is C14H20N2O4. The summed E-state index contributed by atoms with van der Waals surface area (Å²) in [5, 5.41) is 13.9. The van der Waals surface area contributed by atoms with E-state index in [-0.39, 0.29) is 12.3 Å². The molecule has 0 radical (unpaired) electrons. The van der Waals surface area contributed by atoms with Crippen molar-refractivity contribution < 1.29 is 19.4 Å². The first kappa shape index (κ1) is 14.6. The van der Waals surface area contributed by atoms with Crippen LogP contribution >= 0.6 is 0 Å². The Kier molecular flexibility index (Phi) is 4.11. The molecule has 2 rings (SSSR count). The number of carboxylic acid groups (broad SMARTS) is 1. The molecule has 1 aromatic rings. The number of rotatable bonds is 5. The van der Waals surface area contributed by atoms with Gasteiger partial charge >= 0.3 is 11.9 Å². The van der Waals surface area contributed by atoms with Crippen LogP contribution in [0.15, 0.2) is 12.3 Å². The molecule has 1 aliphatic carbocycles. The van der Waals surface area contributed by atoms with E-state index in [1.807, 2.05) is 0 Å². The zero-order valence-corrected chi connectivity index (χ0v) is 11.8. The zero-order chi connectivity index (χ0) is 14.8. The average Bonchev–Trinajstić information content (AvgIpc) is 3.06. The molecule has 110 valence electrons. The van der Waals surface area contributed by atoms with Gasteiger partial charge in [-0.2, -0.15) is 5.10 Å². The fourth-order valence-electron chi connectivity index (χ4n) is 3.16. The number of aryl methyl sites for hydroxylation is 1. The van der Waals surface area contributed by atoms with Gasteiger partial charge in [0.15, 0.2) is 5.41 Å². The van der Waals surface area contributed by atoms with Crippen LogP contribution in [0.1, 0.15) is 31.4 Å². The minimum atomic E-state index is -1.51. The lowest BCUT2D eigenvalue weighted by atomic mass is 9.71. The van der Waals surface area contributed by atoms with Gasteiger partial charge in [-0.1, -0.05) is 12.8 Å². The smallest absolute Gasteiger partial charge is 0.323 e. The SMILES string of the molecule is COC(=O)C(Cc1ccn(C)n1)(C(=O)O)C1CCCC1. The van der Waals surface area contributed by atoms with E-state index in [1.54, 1.807) is 24.0 Å². The predicted molar refractivity (Wildman–Crippen MR) is 71.0 cm³/mol. The summed E-state index contributed by atoms with van der Waals surface area (Å²) in [6.07, 6.45) is 5.23. The second-order valence-corrected chi connectivity index (χ2v) is 5.41. The maximum absolute atomic E-state index is 12.2. The molecule has 0 aromatic carbocycles. The average molecular weight is 280 g/mol. The lowest BCUT2D eigenvalue weighted by Crippen LogP contribution is -2.47. The lowest BCUT2D eigenvalue weighted by molar-refractivity contribution is -0.171. The van der Waals surface area contributed by atoms with Crippen LogP contribution in [0.25, 0.3) is 0 Å². The number of carbonyl (C=O) groups is 2. The number of nitrogens with zero attached hydrogens (tertiary/aromatic N) is 2. The Morgan fingerprint density at radius 3 is 2.60 bits per heavy atom. The van der Waals surface area contributed by atoms with Crippen LogP contribution in [0, 0.1) is 11.3 Å². The van der Waals surface area contributed by atoms with Crippen molar-refractivity contribution in [2.24, 2.45) is 18.4 Å². The largest absolute Gasteiger partial charge is 0.480 e. The summed E-state index contributed by atoms with van der Waals surface area (Å²) in [4.78, 5) is 24.1. The summed E-state index contributed by atoms with van der Waals surface area (Å²) in [7, 11) is 3.01. The summed E-state index contributed by atoms with van der Waals surface area (Å²) in [6.45, 7) is 0. The third-order valence-electron chi connectivity index (χ3n) is 4.21. The number of hydrogen-bond acceptors (Lipinski definition) is 4. The van der Waals surface area contributed by atoms with E-state index in [9.17, 15) is 14.7 Å². The summed E-state index contributed by atoms with van der Waals surface area (Å²) < 4.78 is 6.42. The molecule has 1 atom stereocenters. The molecular weight excluding hydrogens is 260 g/mol. The van der Waals surface area contributed by atoms with Crippen molar-refractivity contribution in [1.29, 1.82) is 0 Å². The van der Waals surface area contributed by atoms with Gasteiger partial charge in [0.25, 0.3) is 0 Å². The van der Waals surface area contributed by atoms with Gasteiger partial charge in [-0.25, -0.2) is 0 Å². The van der Waals surface area contributed by atoms with Crippen molar-refractivity contribution in [2.45, 2.75) is 32.1 Å². The molecule has 6 nitrogen and oxygen atoms in total. The summed E-state index contributed by atoms with van der Waals surface area (Å²) in [5.41, 5.74) is -0.910. The molecule has 1 aliphatic rings. The van der Waals surface area contributed by atoms with Crippen molar-refractivity contribution in [1.82, 2.24) is 9.78 Å². The fourth-order valence-corrected chi connectivity index (χ4v) is 3.16. The lowest BCUT2D eigenvalue weighted by Gasteiger charge is -2.31. The first-order chi connectivity index (χ1) is 9.50. The van der Waals surface area contributed by atoms with Gasteiger partial charge in [0.2, 0.25) is 0 Å². The molecule has 20 heavy (non-hydrogen) atoms. The second kappa shape index (κ2) is 5.64. The van der Waals surface area contributed by atoms with E-state index in [0.29, 0.717) is 5.69 Å². The van der Waals surface area contributed by atoms with Gasteiger partial charge in [-0.15, -0.1) is 0 Å². The molecule has 1 unspecified atom stereocenters. The zero-order valence-electron chi connectivity index (χ0n) is 11.8. The van der Waals surface area contributed by atoms with Crippen LogP contribution in [0.5, 0.6) is 0 Å². The number of aliphatic carboxylic acids is 1. The standard InChI is InChI=1S/C14H20N2O4/c1-16-8-7-11(15-16)9-14(12(17)18,13(19)20-2)10-5-3-4-6-10/h7-8,10H,3-6,9H2,1-2H3,(H,17,18). The molecule has 1 heterocycles. The number of methoxy groups -OCH3 is 1. The molecule has 1 N–H and O–H groups in total. The Morgan fingerprint density at radius 2 is 2.15 bits per heavy atom. The minimum absolute atomic E-state index is 0.0838. The monoisotopic (exact) mass is 280 g/mol. The van der Waals surface area contributed by atoms with Crippen molar-refractivity contribution in [2.75, 3.05) is 7.11 Å².